The van der Waals surface area contributed by atoms with Crippen LogP contribution in [-0.4, -0.2) is 9.78 Å². The zero-order valence-electron chi connectivity index (χ0n) is 9.74. The quantitative estimate of drug-likeness (QED) is 0.838. The molecule has 0 atom stereocenters. The number of aromatic nitrogens is 2. The Morgan fingerprint density at radius 3 is 2.33 bits per heavy atom. The van der Waals surface area contributed by atoms with E-state index in [1.54, 1.807) is 30.8 Å². The van der Waals surface area contributed by atoms with Gasteiger partial charge in [0.15, 0.2) is 0 Å². The molecule has 0 bridgehead atoms. The molecule has 0 aliphatic rings. The van der Waals surface area contributed by atoms with E-state index in [9.17, 15) is 8.78 Å². The molecule has 0 N–H and O–H groups in total. The predicted molar refractivity (Wildman–Crippen MR) is 63.1 cm³/mol. The average molecular weight is 265 g/mol. The van der Waals surface area contributed by atoms with Gasteiger partial charge in [-0.25, -0.2) is 8.78 Å². The van der Waals surface area contributed by atoms with Gasteiger partial charge >= 0.3 is 0 Å². The molecule has 3 nitrogen and oxygen atoms in total. The van der Waals surface area contributed by atoms with Gasteiger partial charge < -0.3 is 0 Å². The van der Waals surface area contributed by atoms with Crippen molar-refractivity contribution in [1.29, 1.82) is 5.26 Å². The van der Waals surface area contributed by atoms with E-state index in [-0.39, 0.29) is 10.5 Å². The summed E-state index contributed by atoms with van der Waals surface area (Å²) in [7, 11) is 1.70. The third kappa shape index (κ3) is 2.36. The summed E-state index contributed by atoms with van der Waals surface area (Å²) in [6.07, 6.45) is 0. The normalized spacial score (nSPS) is 10.4. The van der Waals surface area contributed by atoms with Gasteiger partial charge in [0.2, 0.25) is 0 Å². The summed E-state index contributed by atoms with van der Waals surface area (Å²) < 4.78 is 28.9. The summed E-state index contributed by atoms with van der Waals surface area (Å²) in [5.74, 6) is -1.48. The molecule has 18 heavy (non-hydrogen) atoms. The number of halogens is 2. The largest absolute Gasteiger partial charge is 0.262 e. The molecule has 0 spiro atoms. The van der Waals surface area contributed by atoms with Crippen LogP contribution in [0.4, 0.5) is 8.78 Å². The van der Waals surface area contributed by atoms with Gasteiger partial charge in [0.25, 0.3) is 0 Å². The second kappa shape index (κ2) is 4.78. The zero-order chi connectivity index (χ0) is 13.3. The van der Waals surface area contributed by atoms with Crippen LogP contribution in [0, 0.1) is 29.9 Å². The Balaban J connectivity index is 2.41. The maximum Gasteiger partial charge on any atom is 0.141 e. The Kier molecular flexibility index (Phi) is 3.34. The van der Waals surface area contributed by atoms with Gasteiger partial charge in [0.05, 0.1) is 27.2 Å². The second-order valence-corrected chi connectivity index (χ2v) is 4.76. The second-order valence-electron chi connectivity index (χ2n) is 3.73. The van der Waals surface area contributed by atoms with Crippen molar-refractivity contribution in [2.75, 3.05) is 0 Å². The van der Waals surface area contributed by atoms with Gasteiger partial charge in [0, 0.05) is 7.05 Å². The molecule has 92 valence electrons. The molecule has 2 aromatic rings. The number of hydrogen-bond acceptors (Lipinski definition) is 3. The number of rotatable bonds is 2. The van der Waals surface area contributed by atoms with Crippen LogP contribution < -0.4 is 0 Å². The van der Waals surface area contributed by atoms with Crippen LogP contribution in [0.2, 0.25) is 0 Å². The van der Waals surface area contributed by atoms with Gasteiger partial charge in [0.1, 0.15) is 11.6 Å². The third-order valence-electron chi connectivity index (χ3n) is 2.29. The number of hydrogen-bond donors (Lipinski definition) is 0. The lowest BCUT2D eigenvalue weighted by Crippen LogP contribution is -1.95. The van der Waals surface area contributed by atoms with Gasteiger partial charge in [-0.2, -0.15) is 10.4 Å². The summed E-state index contributed by atoms with van der Waals surface area (Å²) in [4.78, 5) is -0.128. The Hall–Kier alpha value is -1.87. The van der Waals surface area contributed by atoms with Gasteiger partial charge in [-0.15, -0.1) is 0 Å². The fourth-order valence-corrected chi connectivity index (χ4v) is 2.43. The Morgan fingerprint density at radius 2 is 1.89 bits per heavy atom. The molecule has 0 saturated heterocycles. The lowest BCUT2D eigenvalue weighted by Gasteiger charge is -2.05. The molecule has 0 unspecified atom stereocenters. The van der Waals surface area contributed by atoms with Crippen LogP contribution in [0.15, 0.2) is 28.1 Å². The maximum atomic E-state index is 13.7. The minimum Gasteiger partial charge on any atom is -0.262 e. The minimum atomic E-state index is -0.740. The first-order chi connectivity index (χ1) is 8.51. The first-order valence-electron chi connectivity index (χ1n) is 5.09. The van der Waals surface area contributed by atoms with Crippen molar-refractivity contribution < 1.29 is 8.78 Å². The number of aryl methyl sites for hydroxylation is 2. The van der Waals surface area contributed by atoms with Crippen molar-refractivity contribution >= 4 is 11.8 Å². The highest BCUT2D eigenvalue weighted by molar-refractivity contribution is 7.99. The van der Waals surface area contributed by atoms with E-state index in [1.807, 2.05) is 0 Å². The molecule has 0 aliphatic carbocycles. The minimum absolute atomic E-state index is 0.0319. The molecule has 0 radical (unpaired) electrons. The average Bonchev–Trinajstić information content (AvgIpc) is 2.62. The van der Waals surface area contributed by atoms with Crippen LogP contribution in [0.25, 0.3) is 0 Å². The van der Waals surface area contributed by atoms with Crippen molar-refractivity contribution in [1.82, 2.24) is 9.78 Å². The highest BCUT2D eigenvalue weighted by atomic mass is 32.2. The zero-order valence-corrected chi connectivity index (χ0v) is 10.6. The first-order valence-corrected chi connectivity index (χ1v) is 5.90. The summed E-state index contributed by atoms with van der Waals surface area (Å²) in [5.41, 5.74) is 0.741. The number of benzene rings is 1. The van der Waals surface area contributed by atoms with E-state index in [4.69, 9.17) is 5.26 Å². The summed E-state index contributed by atoms with van der Waals surface area (Å²) in [6, 6.07) is 5.49. The summed E-state index contributed by atoms with van der Waals surface area (Å²) in [6.45, 7) is 1.80. The Morgan fingerprint density at radius 1 is 1.28 bits per heavy atom. The molecule has 0 saturated carbocycles. The smallest absolute Gasteiger partial charge is 0.141 e. The molecule has 0 aliphatic heterocycles. The van der Waals surface area contributed by atoms with E-state index >= 15 is 0 Å². The SMILES string of the molecule is Cc1cc(Sc2c(F)cc(C#N)cc2F)n(C)n1. The van der Waals surface area contributed by atoms with Crippen molar-refractivity contribution in [3.05, 3.63) is 41.1 Å². The number of nitriles is 1. The predicted octanol–water partition coefficient (Wildman–Crippen LogP) is 3.03. The highest BCUT2D eigenvalue weighted by Crippen LogP contribution is 2.32. The van der Waals surface area contributed by atoms with Crippen LogP contribution in [-0.2, 0) is 7.05 Å². The van der Waals surface area contributed by atoms with Crippen molar-refractivity contribution in [2.24, 2.45) is 7.05 Å². The lowest BCUT2D eigenvalue weighted by molar-refractivity contribution is 0.539. The molecule has 2 rings (SSSR count). The molecule has 0 fully saturated rings. The maximum absolute atomic E-state index is 13.7. The third-order valence-corrected chi connectivity index (χ3v) is 3.48. The van der Waals surface area contributed by atoms with E-state index in [0.717, 1.165) is 29.6 Å². The summed E-state index contributed by atoms with van der Waals surface area (Å²) >= 11 is 0.949. The van der Waals surface area contributed by atoms with Crippen LogP contribution in [0.1, 0.15) is 11.3 Å². The molecular formula is C12H9F2N3S. The molecule has 1 aromatic carbocycles. The van der Waals surface area contributed by atoms with Crippen molar-refractivity contribution in [2.45, 2.75) is 16.8 Å². The van der Waals surface area contributed by atoms with Crippen LogP contribution >= 0.6 is 11.8 Å². The summed E-state index contributed by atoms with van der Waals surface area (Å²) in [5, 5.41) is 13.3. The van der Waals surface area contributed by atoms with E-state index < -0.39 is 11.6 Å². The fraction of sp³-hybridized carbons (Fsp3) is 0.167. The molecule has 1 heterocycles. The van der Waals surface area contributed by atoms with Gasteiger partial charge in [-0.1, -0.05) is 11.8 Å². The molecule has 1 aromatic heterocycles. The van der Waals surface area contributed by atoms with Crippen LogP contribution in [0.5, 0.6) is 0 Å². The monoisotopic (exact) mass is 265 g/mol. The van der Waals surface area contributed by atoms with E-state index in [1.165, 1.54) is 0 Å². The molecular weight excluding hydrogens is 256 g/mol. The lowest BCUT2D eigenvalue weighted by atomic mass is 10.2. The van der Waals surface area contributed by atoms with E-state index in [2.05, 4.69) is 5.10 Å². The fourth-order valence-electron chi connectivity index (χ4n) is 1.51. The first kappa shape index (κ1) is 12.6. The van der Waals surface area contributed by atoms with Gasteiger partial charge in [-0.05, 0) is 25.1 Å². The molecule has 0 amide bonds. The molecule has 6 heteroatoms. The van der Waals surface area contributed by atoms with Crippen LogP contribution in [0.3, 0.4) is 0 Å². The highest BCUT2D eigenvalue weighted by Gasteiger charge is 2.15. The van der Waals surface area contributed by atoms with E-state index in [0.29, 0.717) is 5.03 Å². The van der Waals surface area contributed by atoms with Crippen molar-refractivity contribution in [3.8, 4) is 6.07 Å². The number of nitrogens with zero attached hydrogens (tertiary/aromatic N) is 3. The Bertz CT molecular complexity index is 620. The van der Waals surface area contributed by atoms with Crippen molar-refractivity contribution in [3.63, 3.8) is 0 Å². The topological polar surface area (TPSA) is 41.6 Å². The van der Waals surface area contributed by atoms with Gasteiger partial charge in [-0.3, -0.25) is 4.68 Å². The Labute approximate surface area is 107 Å². The standard InChI is InChI=1S/C12H9F2N3S/c1-7-3-11(17(2)16-7)18-12-9(13)4-8(6-15)5-10(12)14/h3-5H,1-2H3.